The summed E-state index contributed by atoms with van der Waals surface area (Å²) in [5, 5.41) is 0. The molecule has 0 aliphatic heterocycles. The van der Waals surface area contributed by atoms with E-state index in [2.05, 4.69) is 20.8 Å². The molecule has 97 valence electrons. The molecule has 1 nitrogen and oxygen atoms in total. The third-order valence-electron chi connectivity index (χ3n) is 3.01. The molecule has 1 heteroatoms. The van der Waals surface area contributed by atoms with Gasteiger partial charge in [-0.2, -0.15) is 0 Å². The minimum Gasteiger partial charge on any atom is -0.379 e. The van der Waals surface area contributed by atoms with Crippen LogP contribution in [0.5, 0.6) is 0 Å². The van der Waals surface area contributed by atoms with Crippen LogP contribution >= 0.6 is 0 Å². The Morgan fingerprint density at radius 3 is 2.06 bits per heavy atom. The molecule has 1 radical (unpaired) electrons. The van der Waals surface area contributed by atoms with Crippen molar-refractivity contribution >= 4 is 0 Å². The molecule has 0 N–H and O–H groups in total. The number of unbranched alkanes of at least 4 members (excludes halogenated alkanes) is 7. The maximum absolute atomic E-state index is 5.69. The predicted octanol–water partition coefficient (Wildman–Crippen LogP) is 5.15. The molecule has 0 saturated carbocycles. The van der Waals surface area contributed by atoms with Crippen LogP contribution in [0.25, 0.3) is 0 Å². The van der Waals surface area contributed by atoms with Crippen LogP contribution < -0.4 is 0 Å². The lowest BCUT2D eigenvalue weighted by molar-refractivity contribution is 0.0580. The van der Waals surface area contributed by atoms with Crippen LogP contribution in [0.4, 0.5) is 0 Å². The van der Waals surface area contributed by atoms with Crippen molar-refractivity contribution < 1.29 is 4.74 Å². The van der Waals surface area contributed by atoms with E-state index in [4.69, 9.17) is 4.74 Å². The number of hydrogen-bond donors (Lipinski definition) is 0. The molecule has 0 fully saturated rings. The fraction of sp³-hybridized carbons (Fsp3) is 0.933. The lowest BCUT2D eigenvalue weighted by atomic mass is 10.1. The summed E-state index contributed by atoms with van der Waals surface area (Å²) >= 11 is 0. The number of rotatable bonds is 12. The minimum atomic E-state index is 0.405. The molecule has 0 aliphatic rings. The molecule has 0 aromatic rings. The predicted molar refractivity (Wildman–Crippen MR) is 72.6 cm³/mol. The second kappa shape index (κ2) is 13.0. The molecule has 0 heterocycles. The summed E-state index contributed by atoms with van der Waals surface area (Å²) in [7, 11) is 0. The van der Waals surface area contributed by atoms with Gasteiger partial charge >= 0.3 is 0 Å². The summed E-state index contributed by atoms with van der Waals surface area (Å²) in [6, 6.07) is 0. The van der Waals surface area contributed by atoms with Crippen LogP contribution in [0.3, 0.4) is 0 Å². The van der Waals surface area contributed by atoms with Crippen LogP contribution in [-0.2, 0) is 4.74 Å². The Kier molecular flexibility index (Phi) is 13.0. The zero-order valence-electron chi connectivity index (χ0n) is 11.5. The molecular weight excluding hydrogens is 196 g/mol. The van der Waals surface area contributed by atoms with Gasteiger partial charge in [0.1, 0.15) is 0 Å². The smallest absolute Gasteiger partial charge is 0.0547 e. The van der Waals surface area contributed by atoms with E-state index in [0.717, 1.165) is 19.4 Å². The van der Waals surface area contributed by atoms with Crippen molar-refractivity contribution in [3.05, 3.63) is 6.92 Å². The molecule has 1 unspecified atom stereocenters. The van der Waals surface area contributed by atoms with Crippen molar-refractivity contribution in [1.29, 1.82) is 0 Å². The summed E-state index contributed by atoms with van der Waals surface area (Å²) < 4.78 is 5.69. The average Bonchev–Trinajstić information content (AvgIpc) is 2.27. The van der Waals surface area contributed by atoms with Crippen molar-refractivity contribution in [2.24, 2.45) is 0 Å². The van der Waals surface area contributed by atoms with Gasteiger partial charge in [0.15, 0.2) is 0 Å². The highest BCUT2D eigenvalue weighted by molar-refractivity contribution is 4.52. The van der Waals surface area contributed by atoms with Crippen molar-refractivity contribution in [3.63, 3.8) is 0 Å². The average molecular weight is 227 g/mol. The molecule has 16 heavy (non-hydrogen) atoms. The van der Waals surface area contributed by atoms with E-state index < -0.39 is 0 Å². The van der Waals surface area contributed by atoms with E-state index in [0.29, 0.717) is 6.10 Å². The monoisotopic (exact) mass is 227 g/mol. The molecule has 0 aromatic heterocycles. The van der Waals surface area contributed by atoms with Crippen LogP contribution in [-0.4, -0.2) is 12.7 Å². The molecule has 0 amide bonds. The molecule has 1 atom stereocenters. The lowest BCUT2D eigenvalue weighted by Crippen LogP contribution is -2.08. The number of ether oxygens (including phenoxy) is 1. The maximum Gasteiger partial charge on any atom is 0.0547 e. The van der Waals surface area contributed by atoms with Gasteiger partial charge in [-0.15, -0.1) is 0 Å². The van der Waals surface area contributed by atoms with Crippen molar-refractivity contribution in [2.75, 3.05) is 6.61 Å². The molecule has 0 saturated heterocycles. The van der Waals surface area contributed by atoms with Crippen LogP contribution in [0.15, 0.2) is 0 Å². The van der Waals surface area contributed by atoms with Gasteiger partial charge in [0.2, 0.25) is 0 Å². The molecule has 0 aliphatic carbocycles. The van der Waals surface area contributed by atoms with Crippen molar-refractivity contribution in [2.45, 2.75) is 84.2 Å². The summed E-state index contributed by atoms with van der Waals surface area (Å²) in [5.41, 5.74) is 0. The first kappa shape index (κ1) is 16.0. The third-order valence-corrected chi connectivity index (χ3v) is 3.01. The summed E-state index contributed by atoms with van der Waals surface area (Å²) in [5.74, 6) is 0. The second-order valence-electron chi connectivity index (χ2n) is 4.80. The summed E-state index contributed by atoms with van der Waals surface area (Å²) in [6.07, 6.45) is 13.4. The standard InChI is InChI=1S/C15H31O/c1-4-6-7-8-9-10-11-12-14-16-15(3)13-5-2/h15H,2,4-14H2,1,3H3. The second-order valence-corrected chi connectivity index (χ2v) is 4.80. The highest BCUT2D eigenvalue weighted by Gasteiger charge is 1.99. The molecule has 0 aromatic carbocycles. The zero-order valence-corrected chi connectivity index (χ0v) is 11.5. The van der Waals surface area contributed by atoms with Crippen LogP contribution in [0, 0.1) is 6.92 Å². The topological polar surface area (TPSA) is 9.23 Å². The van der Waals surface area contributed by atoms with Gasteiger partial charge in [0, 0.05) is 6.61 Å². The third kappa shape index (κ3) is 12.0. The van der Waals surface area contributed by atoms with Gasteiger partial charge in [-0.25, -0.2) is 0 Å². The van der Waals surface area contributed by atoms with Crippen LogP contribution in [0.1, 0.15) is 78.1 Å². The van der Waals surface area contributed by atoms with Crippen molar-refractivity contribution in [1.82, 2.24) is 0 Å². The van der Waals surface area contributed by atoms with Gasteiger partial charge in [0.05, 0.1) is 6.10 Å². The molecular formula is C15H31O. The first-order valence-corrected chi connectivity index (χ1v) is 7.22. The molecule has 0 spiro atoms. The van der Waals surface area contributed by atoms with E-state index in [1.807, 2.05) is 0 Å². The quantitative estimate of drug-likeness (QED) is 0.419. The van der Waals surface area contributed by atoms with Gasteiger partial charge in [-0.1, -0.05) is 65.2 Å². The van der Waals surface area contributed by atoms with E-state index in [1.54, 1.807) is 0 Å². The Morgan fingerprint density at radius 1 is 0.938 bits per heavy atom. The van der Waals surface area contributed by atoms with E-state index in [-0.39, 0.29) is 0 Å². The maximum atomic E-state index is 5.69. The minimum absolute atomic E-state index is 0.405. The fourth-order valence-corrected chi connectivity index (χ4v) is 1.89. The van der Waals surface area contributed by atoms with Gasteiger partial charge in [0.25, 0.3) is 0 Å². The normalized spacial score (nSPS) is 12.9. The van der Waals surface area contributed by atoms with E-state index in [1.165, 1.54) is 51.4 Å². The van der Waals surface area contributed by atoms with Crippen LogP contribution in [0.2, 0.25) is 0 Å². The lowest BCUT2D eigenvalue weighted by Gasteiger charge is -2.11. The molecule has 0 rings (SSSR count). The first-order chi connectivity index (χ1) is 7.81. The van der Waals surface area contributed by atoms with Crippen molar-refractivity contribution in [3.8, 4) is 0 Å². The zero-order chi connectivity index (χ0) is 12.1. The highest BCUT2D eigenvalue weighted by Crippen LogP contribution is 2.09. The number of hydrogen-bond acceptors (Lipinski definition) is 1. The molecule has 0 bridgehead atoms. The Bertz CT molecular complexity index is 123. The van der Waals surface area contributed by atoms with Gasteiger partial charge < -0.3 is 4.74 Å². The summed E-state index contributed by atoms with van der Waals surface area (Å²) in [4.78, 5) is 0. The Hall–Kier alpha value is -0.0400. The largest absolute Gasteiger partial charge is 0.379 e. The highest BCUT2D eigenvalue weighted by atomic mass is 16.5. The van der Waals surface area contributed by atoms with Gasteiger partial charge in [-0.3, -0.25) is 0 Å². The Morgan fingerprint density at radius 2 is 1.50 bits per heavy atom. The summed E-state index contributed by atoms with van der Waals surface area (Å²) in [6.45, 7) is 9.20. The Labute approximate surface area is 103 Å². The Balaban J connectivity index is 2.98. The fourth-order valence-electron chi connectivity index (χ4n) is 1.89. The van der Waals surface area contributed by atoms with E-state index >= 15 is 0 Å². The van der Waals surface area contributed by atoms with E-state index in [9.17, 15) is 0 Å². The SMILES string of the molecule is [CH2]CCC(C)OCCCCCCCCCC. The first-order valence-electron chi connectivity index (χ1n) is 7.22. The van der Waals surface area contributed by atoms with Gasteiger partial charge in [-0.05, 0) is 19.8 Å².